The van der Waals surface area contributed by atoms with Crippen molar-refractivity contribution in [3.05, 3.63) is 34.6 Å². The number of hydrogen-bond acceptors (Lipinski definition) is 6. The maximum Gasteiger partial charge on any atom is 0.223 e. The van der Waals surface area contributed by atoms with Crippen LogP contribution in [0.2, 0.25) is 5.02 Å². The van der Waals surface area contributed by atoms with Crippen molar-refractivity contribution in [2.24, 2.45) is 5.92 Å². The Morgan fingerprint density at radius 2 is 2.32 bits per heavy atom. The maximum atomic E-state index is 9.05. The molecule has 0 unspecified atom stereocenters. The van der Waals surface area contributed by atoms with Crippen LogP contribution in [0.4, 0.5) is 5.82 Å². The summed E-state index contributed by atoms with van der Waals surface area (Å²) in [6.45, 7) is 3.60. The molecule has 22 heavy (non-hydrogen) atoms. The third-order valence-electron chi connectivity index (χ3n) is 3.82. The van der Waals surface area contributed by atoms with Gasteiger partial charge in [0.15, 0.2) is 11.5 Å². The molecule has 1 atom stereocenters. The van der Waals surface area contributed by atoms with Gasteiger partial charge in [-0.15, -0.1) is 0 Å². The highest BCUT2D eigenvalue weighted by atomic mass is 35.5. The quantitative estimate of drug-likeness (QED) is 0.866. The first kappa shape index (κ1) is 14.8. The Hall–Kier alpha value is -2.13. The summed E-state index contributed by atoms with van der Waals surface area (Å²) >= 11 is 5.94. The van der Waals surface area contributed by atoms with E-state index < -0.39 is 0 Å². The molecule has 0 radical (unpaired) electrons. The van der Waals surface area contributed by atoms with E-state index in [1.165, 1.54) is 0 Å². The lowest BCUT2D eigenvalue weighted by Gasteiger charge is -2.33. The van der Waals surface area contributed by atoms with Crippen LogP contribution in [0.25, 0.3) is 0 Å². The molecular formula is C15H16ClN5O. The second-order valence-electron chi connectivity index (χ2n) is 5.50. The van der Waals surface area contributed by atoms with Crippen LogP contribution in [0, 0.1) is 24.2 Å². The van der Waals surface area contributed by atoms with Crippen LogP contribution in [0.3, 0.4) is 0 Å². The summed E-state index contributed by atoms with van der Waals surface area (Å²) < 4.78 is 5.02. The van der Waals surface area contributed by atoms with E-state index in [-0.39, 0.29) is 5.69 Å². The number of nitriles is 1. The van der Waals surface area contributed by atoms with Crippen molar-refractivity contribution < 1.29 is 4.52 Å². The maximum absolute atomic E-state index is 9.05. The Morgan fingerprint density at radius 3 is 3.05 bits per heavy atom. The van der Waals surface area contributed by atoms with Crippen LogP contribution >= 0.6 is 11.6 Å². The normalized spacial score (nSPS) is 18.2. The zero-order valence-electron chi connectivity index (χ0n) is 12.3. The van der Waals surface area contributed by atoms with Gasteiger partial charge in [-0.2, -0.15) is 10.2 Å². The van der Waals surface area contributed by atoms with Crippen molar-refractivity contribution in [2.45, 2.75) is 26.2 Å². The molecule has 1 saturated heterocycles. The predicted molar refractivity (Wildman–Crippen MR) is 81.6 cm³/mol. The van der Waals surface area contributed by atoms with Gasteiger partial charge >= 0.3 is 0 Å². The summed E-state index contributed by atoms with van der Waals surface area (Å²) in [5.74, 6) is 2.61. The predicted octanol–water partition coefficient (Wildman–Crippen LogP) is 2.76. The fourth-order valence-electron chi connectivity index (χ4n) is 2.81. The minimum Gasteiger partial charge on any atom is -0.356 e. The van der Waals surface area contributed by atoms with Gasteiger partial charge in [0.1, 0.15) is 11.9 Å². The van der Waals surface area contributed by atoms with E-state index in [1.54, 1.807) is 13.0 Å². The van der Waals surface area contributed by atoms with E-state index in [4.69, 9.17) is 21.4 Å². The minimum absolute atomic E-state index is 0.273. The molecule has 2 aromatic rings. The third-order valence-corrected chi connectivity index (χ3v) is 4.13. The molecule has 114 valence electrons. The second-order valence-corrected chi connectivity index (χ2v) is 5.91. The molecule has 0 spiro atoms. The monoisotopic (exact) mass is 317 g/mol. The number of piperidine rings is 1. The first-order valence-electron chi connectivity index (χ1n) is 7.26. The van der Waals surface area contributed by atoms with E-state index in [0.717, 1.165) is 44.0 Å². The lowest BCUT2D eigenvalue weighted by atomic mass is 9.94. The van der Waals surface area contributed by atoms with Crippen LogP contribution in [0.15, 0.2) is 16.7 Å². The van der Waals surface area contributed by atoms with E-state index >= 15 is 0 Å². The molecule has 0 amide bonds. The topological polar surface area (TPSA) is 78.8 Å². The summed E-state index contributed by atoms with van der Waals surface area (Å²) in [6, 6.07) is 5.62. The summed E-state index contributed by atoms with van der Waals surface area (Å²) in [7, 11) is 0. The number of halogens is 1. The Labute approximate surface area is 133 Å². The van der Waals surface area contributed by atoms with Crippen molar-refractivity contribution in [2.75, 3.05) is 18.0 Å². The molecule has 3 heterocycles. The van der Waals surface area contributed by atoms with Crippen LogP contribution < -0.4 is 4.90 Å². The molecule has 0 aliphatic carbocycles. The van der Waals surface area contributed by atoms with Crippen LogP contribution in [-0.4, -0.2) is 28.2 Å². The van der Waals surface area contributed by atoms with Gasteiger partial charge < -0.3 is 9.42 Å². The number of hydrogen-bond donors (Lipinski definition) is 0. The number of aromatic nitrogens is 3. The first-order valence-corrected chi connectivity index (χ1v) is 7.64. The van der Waals surface area contributed by atoms with Crippen molar-refractivity contribution >= 4 is 17.4 Å². The van der Waals surface area contributed by atoms with Gasteiger partial charge in [-0.1, -0.05) is 16.8 Å². The molecule has 6 nitrogen and oxygen atoms in total. The zero-order valence-corrected chi connectivity index (χ0v) is 13.0. The van der Waals surface area contributed by atoms with Crippen molar-refractivity contribution in [3.8, 4) is 6.07 Å². The highest BCUT2D eigenvalue weighted by Crippen LogP contribution is 2.25. The molecule has 2 aromatic heterocycles. The summed E-state index contributed by atoms with van der Waals surface area (Å²) in [6.07, 6.45) is 3.00. The Kier molecular flexibility index (Phi) is 4.25. The van der Waals surface area contributed by atoms with Crippen molar-refractivity contribution in [1.29, 1.82) is 5.26 Å². The minimum atomic E-state index is 0.273. The van der Waals surface area contributed by atoms with Gasteiger partial charge in [0, 0.05) is 26.4 Å². The third kappa shape index (κ3) is 3.20. The standard InChI is InChI=1S/C15H16ClN5O/c1-10-18-14(20-22-10)7-11-3-2-6-21(9-11)15-5-4-12(16)13(8-17)19-15/h4-5,11H,2-3,6-7,9H2,1H3/t11-/m0/s1. The van der Waals surface area contributed by atoms with E-state index in [0.29, 0.717) is 16.8 Å². The van der Waals surface area contributed by atoms with Gasteiger partial charge in [0.25, 0.3) is 0 Å². The van der Waals surface area contributed by atoms with Crippen molar-refractivity contribution in [3.63, 3.8) is 0 Å². The molecule has 0 saturated carbocycles. The molecule has 1 fully saturated rings. The number of anilines is 1. The van der Waals surface area contributed by atoms with E-state index in [2.05, 4.69) is 20.0 Å². The highest BCUT2D eigenvalue weighted by Gasteiger charge is 2.23. The van der Waals surface area contributed by atoms with Gasteiger partial charge in [0.05, 0.1) is 5.02 Å². The van der Waals surface area contributed by atoms with Gasteiger partial charge in [0.2, 0.25) is 5.89 Å². The fourth-order valence-corrected chi connectivity index (χ4v) is 2.96. The van der Waals surface area contributed by atoms with Crippen LogP contribution in [-0.2, 0) is 6.42 Å². The van der Waals surface area contributed by atoms with Gasteiger partial charge in [-0.3, -0.25) is 0 Å². The fraction of sp³-hybridized carbons (Fsp3) is 0.467. The lowest BCUT2D eigenvalue weighted by molar-refractivity contribution is 0.369. The smallest absolute Gasteiger partial charge is 0.223 e. The molecule has 3 rings (SSSR count). The van der Waals surface area contributed by atoms with Crippen molar-refractivity contribution in [1.82, 2.24) is 15.1 Å². The molecule has 1 aliphatic heterocycles. The number of pyridine rings is 1. The average Bonchev–Trinajstić information content (AvgIpc) is 2.93. The first-order chi connectivity index (χ1) is 10.7. The molecular weight excluding hydrogens is 302 g/mol. The highest BCUT2D eigenvalue weighted by molar-refractivity contribution is 6.31. The molecule has 0 bridgehead atoms. The second kappa shape index (κ2) is 6.32. The zero-order chi connectivity index (χ0) is 15.5. The molecule has 1 aliphatic rings. The van der Waals surface area contributed by atoms with Gasteiger partial charge in [-0.05, 0) is 30.9 Å². The Bertz CT molecular complexity index is 708. The SMILES string of the molecule is Cc1nc(C[C@@H]2CCCN(c3ccc(Cl)c(C#N)n3)C2)no1. The molecule has 7 heteroatoms. The summed E-state index contributed by atoms with van der Waals surface area (Å²) in [5, 5.41) is 13.4. The van der Waals surface area contributed by atoms with E-state index in [9.17, 15) is 0 Å². The van der Waals surface area contributed by atoms with Crippen LogP contribution in [0.1, 0.15) is 30.3 Å². The average molecular weight is 318 g/mol. The number of aryl methyl sites for hydroxylation is 1. The lowest BCUT2D eigenvalue weighted by Crippen LogP contribution is -2.37. The Morgan fingerprint density at radius 1 is 1.45 bits per heavy atom. The van der Waals surface area contributed by atoms with E-state index in [1.807, 2.05) is 12.1 Å². The summed E-state index contributed by atoms with van der Waals surface area (Å²) in [5.41, 5.74) is 0.273. The molecule has 0 N–H and O–H groups in total. The summed E-state index contributed by atoms with van der Waals surface area (Å²) in [4.78, 5) is 10.8. The molecule has 0 aromatic carbocycles. The van der Waals surface area contributed by atoms with Gasteiger partial charge in [-0.25, -0.2) is 4.98 Å². The van der Waals surface area contributed by atoms with Crippen LogP contribution in [0.5, 0.6) is 0 Å². The Balaban J connectivity index is 1.71. The largest absolute Gasteiger partial charge is 0.356 e. The number of nitrogens with zero attached hydrogens (tertiary/aromatic N) is 5. The number of rotatable bonds is 3.